The zero-order valence-electron chi connectivity index (χ0n) is 15.3. The number of pyridine rings is 1. The first-order valence-corrected chi connectivity index (χ1v) is 10.0. The van der Waals surface area contributed by atoms with Crippen LogP contribution >= 0.6 is 23.4 Å². The summed E-state index contributed by atoms with van der Waals surface area (Å²) in [6, 6.07) is 1.85. The molecule has 3 N–H and O–H groups in total. The van der Waals surface area contributed by atoms with Crippen LogP contribution in [0.25, 0.3) is 5.65 Å². The van der Waals surface area contributed by atoms with Crippen molar-refractivity contribution in [1.82, 2.24) is 24.7 Å². The molecule has 0 amide bonds. The van der Waals surface area contributed by atoms with Crippen LogP contribution in [0, 0.1) is 0 Å². The fraction of sp³-hybridized carbons (Fsp3) is 0.389. The van der Waals surface area contributed by atoms with E-state index in [0.29, 0.717) is 10.8 Å². The molecule has 0 atom stereocenters. The van der Waals surface area contributed by atoms with Gasteiger partial charge in [-0.2, -0.15) is 0 Å². The van der Waals surface area contributed by atoms with Crippen molar-refractivity contribution < 1.29 is 0 Å². The summed E-state index contributed by atoms with van der Waals surface area (Å²) in [5, 5.41) is 3.89. The summed E-state index contributed by atoms with van der Waals surface area (Å²) in [4.78, 5) is 17.4. The molecule has 1 fully saturated rings. The van der Waals surface area contributed by atoms with Crippen LogP contribution in [-0.2, 0) is 0 Å². The van der Waals surface area contributed by atoms with Gasteiger partial charge in [0.1, 0.15) is 5.82 Å². The molecule has 9 heteroatoms. The topological polar surface area (TPSA) is 84.4 Å². The fourth-order valence-electron chi connectivity index (χ4n) is 3.28. The number of nitrogens with zero attached hydrogens (tertiary/aromatic N) is 5. The van der Waals surface area contributed by atoms with Crippen LogP contribution in [0.4, 0.5) is 11.8 Å². The number of hydrogen-bond acceptors (Lipinski definition) is 7. The van der Waals surface area contributed by atoms with E-state index in [2.05, 4.69) is 27.1 Å². The Morgan fingerprint density at radius 2 is 1.96 bits per heavy atom. The Morgan fingerprint density at radius 3 is 2.70 bits per heavy atom. The second-order valence-electron chi connectivity index (χ2n) is 6.95. The summed E-state index contributed by atoms with van der Waals surface area (Å²) in [5.74, 6) is 1.25. The van der Waals surface area contributed by atoms with E-state index in [1.54, 1.807) is 12.4 Å². The van der Waals surface area contributed by atoms with Gasteiger partial charge in [-0.15, -0.1) is 0 Å². The smallest absolute Gasteiger partial charge is 0.211 e. The van der Waals surface area contributed by atoms with Crippen molar-refractivity contribution in [2.45, 2.75) is 35.1 Å². The maximum Gasteiger partial charge on any atom is 0.211 e. The summed E-state index contributed by atoms with van der Waals surface area (Å²) in [5.41, 5.74) is 6.87. The van der Waals surface area contributed by atoms with E-state index in [1.807, 2.05) is 29.9 Å². The quantitative estimate of drug-likeness (QED) is 0.692. The van der Waals surface area contributed by atoms with Crippen molar-refractivity contribution in [1.29, 1.82) is 0 Å². The Labute approximate surface area is 167 Å². The van der Waals surface area contributed by atoms with Gasteiger partial charge in [0, 0.05) is 48.3 Å². The molecule has 0 aliphatic carbocycles. The van der Waals surface area contributed by atoms with E-state index < -0.39 is 0 Å². The van der Waals surface area contributed by atoms with Gasteiger partial charge in [0.2, 0.25) is 5.95 Å². The van der Waals surface area contributed by atoms with Gasteiger partial charge in [-0.05, 0) is 32.9 Å². The summed E-state index contributed by atoms with van der Waals surface area (Å²) < 4.78 is 2.04. The lowest BCUT2D eigenvalue weighted by Gasteiger charge is -2.39. The number of anilines is 2. The van der Waals surface area contributed by atoms with Gasteiger partial charge in [0.05, 0.1) is 9.92 Å². The van der Waals surface area contributed by atoms with Crippen molar-refractivity contribution in [3.8, 4) is 0 Å². The molecule has 0 saturated carbocycles. The Kier molecular flexibility index (Phi) is 4.88. The molecule has 1 aliphatic heterocycles. The zero-order valence-corrected chi connectivity index (χ0v) is 16.9. The molecule has 1 aliphatic rings. The van der Waals surface area contributed by atoms with Crippen LogP contribution < -0.4 is 16.0 Å². The predicted molar refractivity (Wildman–Crippen MR) is 110 cm³/mol. The van der Waals surface area contributed by atoms with Crippen molar-refractivity contribution in [3.63, 3.8) is 0 Å². The molecule has 0 radical (unpaired) electrons. The monoisotopic (exact) mass is 403 g/mol. The molecule has 0 bridgehead atoms. The molecule has 0 aromatic carbocycles. The number of nitrogen functional groups attached to an aromatic ring is 1. The van der Waals surface area contributed by atoms with Gasteiger partial charge in [-0.1, -0.05) is 23.4 Å². The van der Waals surface area contributed by atoms with E-state index in [4.69, 9.17) is 22.3 Å². The van der Waals surface area contributed by atoms with Gasteiger partial charge in [-0.25, -0.2) is 15.0 Å². The first kappa shape index (κ1) is 18.3. The number of fused-ring (bicyclic) bond motifs is 1. The van der Waals surface area contributed by atoms with Crippen LogP contribution in [0.2, 0.25) is 5.02 Å². The lowest BCUT2D eigenvalue weighted by Crippen LogP contribution is -2.50. The summed E-state index contributed by atoms with van der Waals surface area (Å²) >= 11 is 7.79. The van der Waals surface area contributed by atoms with Crippen molar-refractivity contribution in [3.05, 3.63) is 35.9 Å². The summed E-state index contributed by atoms with van der Waals surface area (Å²) in [6.07, 6.45) is 9.42. The minimum Gasteiger partial charge on any atom is -0.382 e. The van der Waals surface area contributed by atoms with E-state index in [1.165, 1.54) is 11.8 Å². The lowest BCUT2D eigenvalue weighted by atomic mass is 9.90. The lowest BCUT2D eigenvalue weighted by molar-refractivity contribution is 0.303. The maximum atomic E-state index is 6.29. The van der Waals surface area contributed by atoms with E-state index in [-0.39, 0.29) is 5.54 Å². The summed E-state index contributed by atoms with van der Waals surface area (Å²) in [6.45, 7) is 4.18. The number of rotatable bonds is 4. The minimum absolute atomic E-state index is 0.193. The molecule has 4 rings (SSSR count). The number of hydrogen-bond donors (Lipinski definition) is 2. The van der Waals surface area contributed by atoms with Crippen molar-refractivity contribution in [2.75, 3.05) is 30.8 Å². The average Bonchev–Trinajstić information content (AvgIpc) is 3.17. The zero-order chi connectivity index (χ0) is 19.0. The second kappa shape index (κ2) is 7.18. The molecule has 0 spiro atoms. The van der Waals surface area contributed by atoms with Gasteiger partial charge in [0.15, 0.2) is 5.65 Å². The molecular formula is C18H22ClN7S. The SMILES string of the molecule is CNC1(C)CCN(c2ncc(Sc3ccnc(N)c3Cl)c3nccn23)CC1. The molecule has 7 nitrogen and oxygen atoms in total. The third kappa shape index (κ3) is 3.44. The molecule has 0 unspecified atom stereocenters. The highest BCUT2D eigenvalue weighted by Gasteiger charge is 2.29. The van der Waals surface area contributed by atoms with E-state index >= 15 is 0 Å². The minimum atomic E-state index is 0.193. The molecule has 1 saturated heterocycles. The van der Waals surface area contributed by atoms with E-state index in [0.717, 1.165) is 47.3 Å². The largest absolute Gasteiger partial charge is 0.382 e. The van der Waals surface area contributed by atoms with Crippen molar-refractivity contribution in [2.24, 2.45) is 0 Å². The van der Waals surface area contributed by atoms with Crippen LogP contribution in [0.1, 0.15) is 19.8 Å². The summed E-state index contributed by atoms with van der Waals surface area (Å²) in [7, 11) is 2.03. The van der Waals surface area contributed by atoms with Crippen molar-refractivity contribution >= 4 is 40.8 Å². The number of halogens is 1. The normalized spacial score (nSPS) is 16.8. The van der Waals surface area contributed by atoms with Crippen LogP contribution in [0.15, 0.2) is 40.6 Å². The average molecular weight is 404 g/mol. The van der Waals surface area contributed by atoms with Gasteiger partial charge >= 0.3 is 0 Å². The van der Waals surface area contributed by atoms with Crippen LogP contribution in [-0.4, -0.2) is 45.0 Å². The first-order valence-electron chi connectivity index (χ1n) is 8.84. The number of imidazole rings is 1. The number of nitrogens with one attached hydrogen (secondary N) is 1. The third-order valence-corrected chi connectivity index (χ3v) is 6.81. The van der Waals surface area contributed by atoms with Crippen LogP contribution in [0.3, 0.4) is 0 Å². The predicted octanol–water partition coefficient (Wildman–Crippen LogP) is 3.09. The molecule has 27 heavy (non-hydrogen) atoms. The number of piperidine rings is 1. The fourth-order valence-corrected chi connectivity index (χ4v) is 4.41. The highest BCUT2D eigenvalue weighted by atomic mass is 35.5. The number of nitrogens with two attached hydrogens (primary N) is 1. The molecule has 3 aromatic heterocycles. The highest BCUT2D eigenvalue weighted by Crippen LogP contribution is 2.37. The van der Waals surface area contributed by atoms with Crippen LogP contribution in [0.5, 0.6) is 0 Å². The highest BCUT2D eigenvalue weighted by molar-refractivity contribution is 7.99. The first-order chi connectivity index (χ1) is 13.0. The Hall–Kier alpha value is -2.03. The Morgan fingerprint density at radius 1 is 1.19 bits per heavy atom. The molecule has 142 valence electrons. The van der Waals surface area contributed by atoms with E-state index in [9.17, 15) is 0 Å². The van der Waals surface area contributed by atoms with Gasteiger partial charge in [-0.3, -0.25) is 4.40 Å². The van der Waals surface area contributed by atoms with Gasteiger partial charge in [0.25, 0.3) is 0 Å². The molecular weight excluding hydrogens is 382 g/mol. The van der Waals surface area contributed by atoms with Gasteiger partial charge < -0.3 is 16.0 Å². The molecule has 3 aromatic rings. The Balaban J connectivity index is 1.64. The maximum absolute atomic E-state index is 6.29. The number of aromatic nitrogens is 4. The Bertz CT molecular complexity index is 965. The standard InChI is InChI=1S/C18H22ClN7S/c1-18(21-2)4-8-25(9-5-18)17-24-11-13(16-23-7-10-26(16)17)27-12-3-6-22-15(20)14(12)19/h3,6-7,10-11,21H,4-5,8-9H2,1-2H3,(H2,20,22). The second-order valence-corrected chi connectivity index (χ2v) is 8.41. The molecule has 4 heterocycles. The third-order valence-electron chi connectivity index (χ3n) is 5.23.